The van der Waals surface area contributed by atoms with E-state index in [1.807, 2.05) is 37.3 Å². The average molecular weight is 613 g/mol. The molecule has 5 nitrogen and oxygen atoms in total. The molecule has 1 aliphatic heterocycles. The lowest BCUT2D eigenvalue weighted by Gasteiger charge is -2.42. The second kappa shape index (κ2) is 13.7. The van der Waals surface area contributed by atoms with E-state index in [4.69, 9.17) is 4.74 Å². The third-order valence-electron chi connectivity index (χ3n) is 8.47. The molecule has 2 amide bonds. The van der Waals surface area contributed by atoms with Crippen LogP contribution >= 0.6 is 0 Å². The number of piperidine rings is 1. The topological polar surface area (TPSA) is 58.6 Å². The molecule has 2 aromatic rings. The molecule has 236 valence electrons. The Bertz CT molecular complexity index is 1210. The van der Waals surface area contributed by atoms with E-state index >= 15 is 0 Å². The van der Waals surface area contributed by atoms with Gasteiger partial charge in [0.1, 0.15) is 0 Å². The molecule has 4 rings (SSSR count). The Kier molecular flexibility index (Phi) is 10.5. The number of ether oxygens (including phenoxy) is 1. The van der Waals surface area contributed by atoms with Crippen molar-refractivity contribution < 1.29 is 40.7 Å². The summed E-state index contributed by atoms with van der Waals surface area (Å²) in [7, 11) is 0. The standard InChI is InChI=1S/C32H38F6N2O3/c1-3-7-29(41)39-26-12-10-22(11-13-26)30(42)40-15-14-28(27(19-40)21-8-5-4-6-9-21)43-20(2)23-16-24(31(33,34)35)18-25(17-23)32(36,37)38/h4-6,8-9,16-18,20,22,26-28H,3,7,10-15,19H2,1-2H3,(H,39,41)/t20-,22-,26-,27+,28+/m1/s1. The van der Waals surface area contributed by atoms with E-state index in [0.717, 1.165) is 24.8 Å². The average Bonchev–Trinajstić information content (AvgIpc) is 2.97. The quantitative estimate of drug-likeness (QED) is 0.312. The predicted octanol–water partition coefficient (Wildman–Crippen LogP) is 7.66. The summed E-state index contributed by atoms with van der Waals surface area (Å²) in [6, 6.07) is 10.9. The molecule has 0 aromatic heterocycles. The molecule has 2 aliphatic rings. The van der Waals surface area contributed by atoms with Crippen LogP contribution in [0, 0.1) is 5.92 Å². The molecule has 11 heteroatoms. The van der Waals surface area contributed by atoms with Crippen LogP contribution < -0.4 is 5.32 Å². The number of nitrogens with zero attached hydrogens (tertiary/aromatic N) is 1. The fourth-order valence-electron chi connectivity index (χ4n) is 6.14. The molecule has 43 heavy (non-hydrogen) atoms. The Morgan fingerprint density at radius 3 is 2.09 bits per heavy atom. The maximum Gasteiger partial charge on any atom is 0.416 e. The lowest BCUT2D eigenvalue weighted by molar-refractivity contribution is -0.143. The highest BCUT2D eigenvalue weighted by Crippen LogP contribution is 2.40. The maximum atomic E-state index is 13.6. The molecule has 1 aliphatic carbocycles. The van der Waals surface area contributed by atoms with E-state index in [0.29, 0.717) is 50.9 Å². The Morgan fingerprint density at radius 1 is 0.930 bits per heavy atom. The largest absolute Gasteiger partial charge is 0.416 e. The van der Waals surface area contributed by atoms with E-state index in [1.54, 1.807) is 4.90 Å². The van der Waals surface area contributed by atoms with Crippen LogP contribution in [0.5, 0.6) is 0 Å². The molecular weight excluding hydrogens is 574 g/mol. The molecule has 1 N–H and O–H groups in total. The van der Waals surface area contributed by atoms with Crippen molar-refractivity contribution in [1.29, 1.82) is 0 Å². The number of nitrogens with one attached hydrogen (secondary N) is 1. The van der Waals surface area contributed by atoms with Crippen LogP contribution in [-0.2, 0) is 26.7 Å². The number of carbonyl (C=O) groups excluding carboxylic acids is 2. The number of alkyl halides is 6. The first-order valence-electron chi connectivity index (χ1n) is 14.8. The van der Waals surface area contributed by atoms with E-state index in [-0.39, 0.29) is 41.3 Å². The third-order valence-corrected chi connectivity index (χ3v) is 8.47. The first-order valence-corrected chi connectivity index (χ1v) is 14.8. The van der Waals surface area contributed by atoms with Crippen molar-refractivity contribution >= 4 is 11.8 Å². The summed E-state index contributed by atoms with van der Waals surface area (Å²) in [6.45, 7) is 4.08. The number of halogens is 6. The van der Waals surface area contributed by atoms with Crippen LogP contribution in [0.2, 0.25) is 0 Å². The van der Waals surface area contributed by atoms with Gasteiger partial charge in [-0.25, -0.2) is 0 Å². The van der Waals surface area contributed by atoms with Crippen LogP contribution in [-0.4, -0.2) is 41.9 Å². The van der Waals surface area contributed by atoms with Crippen molar-refractivity contribution in [3.05, 3.63) is 70.8 Å². The normalized spacial score (nSPS) is 24.0. The molecule has 2 aromatic carbocycles. The lowest BCUT2D eigenvalue weighted by atomic mass is 9.83. The van der Waals surface area contributed by atoms with Gasteiger partial charge in [0.2, 0.25) is 11.8 Å². The molecule has 2 fully saturated rings. The van der Waals surface area contributed by atoms with Gasteiger partial charge in [-0.3, -0.25) is 9.59 Å². The molecule has 0 bridgehead atoms. The molecule has 0 unspecified atom stereocenters. The van der Waals surface area contributed by atoms with Gasteiger partial charge in [-0.15, -0.1) is 0 Å². The highest BCUT2D eigenvalue weighted by molar-refractivity contribution is 5.79. The summed E-state index contributed by atoms with van der Waals surface area (Å²) in [4.78, 5) is 27.3. The number of rotatable bonds is 8. The number of likely N-dealkylation sites (tertiary alicyclic amines) is 1. The van der Waals surface area contributed by atoms with Gasteiger partial charge in [0.05, 0.1) is 23.3 Å². The molecular formula is C32H38F6N2O3. The summed E-state index contributed by atoms with van der Waals surface area (Å²) >= 11 is 0. The first-order chi connectivity index (χ1) is 20.3. The highest BCUT2D eigenvalue weighted by atomic mass is 19.4. The molecule has 1 saturated carbocycles. The Morgan fingerprint density at radius 2 is 1.53 bits per heavy atom. The Hall–Kier alpha value is -3.08. The lowest BCUT2D eigenvalue weighted by Crippen LogP contribution is -2.49. The predicted molar refractivity (Wildman–Crippen MR) is 149 cm³/mol. The minimum absolute atomic E-state index is 0.0264. The molecule has 1 saturated heterocycles. The van der Waals surface area contributed by atoms with Crippen LogP contribution in [0.15, 0.2) is 48.5 Å². The summed E-state index contributed by atoms with van der Waals surface area (Å²) in [6.07, 6.45) is -7.08. The first kappa shape index (κ1) is 32.8. The van der Waals surface area contributed by atoms with Crippen LogP contribution in [0.4, 0.5) is 26.3 Å². The molecule has 1 heterocycles. The molecule has 0 radical (unpaired) electrons. The SMILES string of the molecule is CCCC(=O)N[C@H]1CC[C@H](C(=O)N2CC[C@H](O[C@H](C)c3cc(C(F)(F)F)cc(C(F)(F)F)c3)[C@H](c3ccccc3)C2)CC1. The van der Waals surface area contributed by atoms with E-state index in [1.165, 1.54) is 6.92 Å². The van der Waals surface area contributed by atoms with Gasteiger partial charge in [-0.2, -0.15) is 26.3 Å². The van der Waals surface area contributed by atoms with Gasteiger partial charge in [0, 0.05) is 37.4 Å². The van der Waals surface area contributed by atoms with Gasteiger partial charge in [-0.05, 0) is 74.8 Å². The third kappa shape index (κ3) is 8.52. The second-order valence-electron chi connectivity index (χ2n) is 11.6. The van der Waals surface area contributed by atoms with Crippen molar-refractivity contribution in [2.24, 2.45) is 5.92 Å². The van der Waals surface area contributed by atoms with Gasteiger partial charge < -0.3 is 15.0 Å². The fraction of sp³-hybridized carbons (Fsp3) is 0.562. The number of hydrogen-bond acceptors (Lipinski definition) is 3. The number of amides is 2. The summed E-state index contributed by atoms with van der Waals surface area (Å²) < 4.78 is 87.0. The summed E-state index contributed by atoms with van der Waals surface area (Å²) in [5.41, 5.74) is -2.10. The number of carbonyl (C=O) groups is 2. The van der Waals surface area contributed by atoms with Crippen molar-refractivity contribution in [3.63, 3.8) is 0 Å². The smallest absolute Gasteiger partial charge is 0.370 e. The Labute approximate surface area is 248 Å². The second-order valence-corrected chi connectivity index (χ2v) is 11.6. The summed E-state index contributed by atoms with van der Waals surface area (Å²) in [5.74, 6) is -0.436. The van der Waals surface area contributed by atoms with Crippen LogP contribution in [0.3, 0.4) is 0 Å². The molecule has 0 spiro atoms. The van der Waals surface area contributed by atoms with Crippen LogP contribution in [0.1, 0.15) is 93.1 Å². The fourth-order valence-corrected chi connectivity index (χ4v) is 6.14. The monoisotopic (exact) mass is 612 g/mol. The van der Waals surface area contributed by atoms with Gasteiger partial charge in [0.15, 0.2) is 0 Å². The van der Waals surface area contributed by atoms with Crippen molar-refractivity contribution in [2.45, 2.75) is 95.3 Å². The zero-order valence-electron chi connectivity index (χ0n) is 24.3. The minimum atomic E-state index is -4.95. The Balaban J connectivity index is 1.48. The van der Waals surface area contributed by atoms with Gasteiger partial charge >= 0.3 is 12.4 Å². The van der Waals surface area contributed by atoms with E-state index < -0.39 is 35.7 Å². The number of benzene rings is 2. The van der Waals surface area contributed by atoms with E-state index in [2.05, 4.69) is 5.32 Å². The van der Waals surface area contributed by atoms with Crippen LogP contribution in [0.25, 0.3) is 0 Å². The number of hydrogen-bond donors (Lipinski definition) is 1. The summed E-state index contributed by atoms with van der Waals surface area (Å²) in [5, 5.41) is 3.04. The highest BCUT2D eigenvalue weighted by Gasteiger charge is 2.40. The van der Waals surface area contributed by atoms with Crippen molar-refractivity contribution in [1.82, 2.24) is 10.2 Å². The molecule has 3 atom stereocenters. The van der Waals surface area contributed by atoms with Crippen molar-refractivity contribution in [2.75, 3.05) is 13.1 Å². The maximum absolute atomic E-state index is 13.6. The van der Waals surface area contributed by atoms with Gasteiger partial charge in [0.25, 0.3) is 0 Å². The van der Waals surface area contributed by atoms with Gasteiger partial charge in [-0.1, -0.05) is 37.3 Å². The zero-order valence-corrected chi connectivity index (χ0v) is 24.3. The minimum Gasteiger partial charge on any atom is -0.370 e. The zero-order chi connectivity index (χ0) is 31.4. The van der Waals surface area contributed by atoms with E-state index in [9.17, 15) is 35.9 Å². The van der Waals surface area contributed by atoms with Crippen molar-refractivity contribution in [3.8, 4) is 0 Å².